The largest absolute Gasteiger partial charge is 0.329 e. The smallest absolute Gasteiger partial charge is 0.321 e. The maximum atomic E-state index is 13.2. The van der Waals surface area contributed by atoms with Gasteiger partial charge >= 0.3 is 18.1 Å². The van der Waals surface area contributed by atoms with E-state index < -0.39 is 77.3 Å². The van der Waals surface area contributed by atoms with Crippen molar-refractivity contribution in [2.75, 3.05) is 37.1 Å². The molecule has 6 N–H and O–H groups in total. The molecule has 3 atom stereocenters. The maximum Gasteiger partial charge on any atom is 0.321 e. The molecule has 0 aromatic heterocycles. The number of carbonyl (C=O) groups is 12. The number of halogens is 2. The summed E-state index contributed by atoms with van der Waals surface area (Å²) in [5, 5.41) is 17.3. The Labute approximate surface area is 574 Å². The van der Waals surface area contributed by atoms with Crippen molar-refractivity contribution < 1.29 is 57.5 Å². The van der Waals surface area contributed by atoms with E-state index in [0.29, 0.717) is 99.4 Å². The maximum absolute atomic E-state index is 13.2. The molecule has 0 spiro atoms. The highest BCUT2D eigenvalue weighted by atomic mass is 35.5. The summed E-state index contributed by atoms with van der Waals surface area (Å²) in [5.41, 5.74) is 9.58. The third-order valence-corrected chi connectivity index (χ3v) is 18.2. The van der Waals surface area contributed by atoms with Crippen molar-refractivity contribution >= 4 is 112 Å². The third kappa shape index (κ3) is 14.6. The number of imide groups is 3. The number of aryl methyl sites for hydroxylation is 3. The van der Waals surface area contributed by atoms with Crippen LogP contribution in [0.5, 0.6) is 0 Å². The van der Waals surface area contributed by atoms with Gasteiger partial charge in [-0.1, -0.05) is 91.5 Å². The van der Waals surface area contributed by atoms with E-state index in [1.807, 2.05) is 39.0 Å². The fraction of sp³-hybridized carbons (Fsp3) is 0.250. The van der Waals surface area contributed by atoms with Crippen LogP contribution >= 0.6 is 23.2 Å². The first-order valence-electron chi connectivity index (χ1n) is 31.2. The summed E-state index contributed by atoms with van der Waals surface area (Å²) < 4.78 is 0. The number of hydrogen-bond donors (Lipinski definition) is 6. The molecule has 3 fully saturated rings. The lowest BCUT2D eigenvalue weighted by Crippen LogP contribution is -2.51. The number of allylic oxidation sites excluding steroid dienone is 3. The average molecular weight is 1370 g/mol. The summed E-state index contributed by atoms with van der Waals surface area (Å²) in [6, 6.07) is 28.6. The molecule has 6 aromatic rings. The number of urea groups is 3. The minimum Gasteiger partial charge on any atom is -0.329 e. The number of piperidine rings is 3. The zero-order valence-corrected chi connectivity index (χ0v) is 56.0. The molecule has 6 aliphatic rings. The monoisotopic (exact) mass is 1360 g/mol. The van der Waals surface area contributed by atoms with Gasteiger partial charge in [0.05, 0.1) is 33.4 Å². The van der Waals surface area contributed by atoms with Gasteiger partial charge in [0.2, 0.25) is 17.7 Å². The highest BCUT2D eigenvalue weighted by Crippen LogP contribution is 2.35. The molecule has 0 bridgehead atoms. The van der Waals surface area contributed by atoms with Gasteiger partial charge in [-0.2, -0.15) is 0 Å². The van der Waals surface area contributed by atoms with Crippen LogP contribution < -0.4 is 31.9 Å². The van der Waals surface area contributed by atoms with E-state index in [1.165, 1.54) is 14.7 Å². The van der Waals surface area contributed by atoms with Gasteiger partial charge in [-0.05, 0) is 159 Å². The van der Waals surface area contributed by atoms with Gasteiger partial charge in [0.25, 0.3) is 35.4 Å². The molecule has 12 rings (SSSR count). The molecule has 3 unspecified atom stereocenters. The first-order chi connectivity index (χ1) is 46.6. The highest BCUT2D eigenvalue weighted by molar-refractivity contribution is 6.32. The quantitative estimate of drug-likeness (QED) is 0.0624. The first kappa shape index (κ1) is 69.6. The lowest BCUT2D eigenvalue weighted by Gasteiger charge is -2.29. The zero-order chi connectivity index (χ0) is 70.7. The average Bonchev–Trinajstić information content (AvgIpc) is 1.61. The van der Waals surface area contributed by atoms with E-state index in [0.717, 1.165) is 31.4 Å². The summed E-state index contributed by atoms with van der Waals surface area (Å²) in [5.74, 6) is -4.33. The number of anilines is 3. The second kappa shape index (κ2) is 29.0. The SMILES string of the molecule is C=C1CCC(N2C(=O)c3cccc(CN(C)C(=O)Nc4ccc(C)c(C)c4)c3C2=O)C(=O)N1.C=C1CCC(N2C(=O)c3cccc(CN(C)C(=O)Nc4ccc(C)c(Cl)c4)c3C2=O)C(=O)N1.C=C1CCC(N2C(=O)c3cccc(CN(C)C(=O)Nc4ccc(Cl)cc4)c3C2=O)C(=O)N1. The van der Waals surface area contributed by atoms with Crippen molar-refractivity contribution in [2.24, 2.45) is 0 Å². The number of amides is 15. The molecular formula is C72H70Cl2N12O12. The molecule has 6 aliphatic heterocycles. The Kier molecular flexibility index (Phi) is 20.6. The zero-order valence-electron chi connectivity index (χ0n) is 54.5. The van der Waals surface area contributed by atoms with Gasteiger partial charge in [-0.25, -0.2) is 14.4 Å². The number of nitrogens with zero attached hydrogens (tertiary/aromatic N) is 6. The van der Waals surface area contributed by atoms with Crippen LogP contribution in [-0.4, -0.2) is 140 Å². The van der Waals surface area contributed by atoms with E-state index in [1.54, 1.807) is 118 Å². The summed E-state index contributed by atoms with van der Waals surface area (Å²) in [6.45, 7) is 17.4. The van der Waals surface area contributed by atoms with Crippen LogP contribution in [0.15, 0.2) is 152 Å². The lowest BCUT2D eigenvalue weighted by molar-refractivity contribution is -0.126. The Morgan fingerprint density at radius 3 is 1.07 bits per heavy atom. The van der Waals surface area contributed by atoms with Crippen molar-refractivity contribution in [3.63, 3.8) is 0 Å². The minimum absolute atomic E-state index is 0.0924. The van der Waals surface area contributed by atoms with Crippen LogP contribution in [0, 0.1) is 20.8 Å². The van der Waals surface area contributed by atoms with Crippen molar-refractivity contribution in [3.8, 4) is 0 Å². The van der Waals surface area contributed by atoms with E-state index in [9.17, 15) is 57.5 Å². The Hall–Kier alpha value is -11.2. The van der Waals surface area contributed by atoms with Gasteiger partial charge in [0, 0.05) is 85.0 Å². The third-order valence-electron chi connectivity index (χ3n) is 17.5. The Balaban J connectivity index is 0.000000159. The topological polar surface area (TPSA) is 296 Å². The predicted molar refractivity (Wildman–Crippen MR) is 367 cm³/mol. The molecule has 26 heteroatoms. The summed E-state index contributed by atoms with van der Waals surface area (Å²) in [6.07, 6.45) is 2.47. The van der Waals surface area contributed by atoms with Crippen molar-refractivity contribution in [2.45, 2.75) is 97.1 Å². The fourth-order valence-electron chi connectivity index (χ4n) is 12.1. The van der Waals surface area contributed by atoms with E-state index in [-0.39, 0.29) is 65.1 Å². The van der Waals surface area contributed by atoms with Crippen molar-refractivity contribution in [3.05, 3.63) is 229 Å². The predicted octanol–water partition coefficient (Wildman–Crippen LogP) is 10.4. The minimum atomic E-state index is -0.886. The molecule has 3 saturated heterocycles. The van der Waals surface area contributed by atoms with Crippen LogP contribution in [-0.2, 0) is 34.0 Å². The van der Waals surface area contributed by atoms with Crippen LogP contribution in [0.4, 0.5) is 31.4 Å². The lowest BCUT2D eigenvalue weighted by atomic mass is 10.0. The molecule has 0 radical (unpaired) electrons. The summed E-state index contributed by atoms with van der Waals surface area (Å²) in [7, 11) is 4.79. The normalized spacial score (nSPS) is 17.7. The van der Waals surface area contributed by atoms with Gasteiger partial charge in [0.1, 0.15) is 18.1 Å². The molecule has 6 heterocycles. The van der Waals surface area contributed by atoms with Gasteiger partial charge in [-0.15, -0.1) is 0 Å². The van der Waals surface area contributed by atoms with Gasteiger partial charge < -0.3 is 46.6 Å². The number of fused-ring (bicyclic) bond motifs is 3. The Morgan fingerprint density at radius 1 is 0.429 bits per heavy atom. The van der Waals surface area contributed by atoms with Gasteiger partial charge in [-0.3, -0.25) is 57.9 Å². The number of rotatable bonds is 12. The molecule has 0 saturated carbocycles. The second-order valence-corrected chi connectivity index (χ2v) is 25.4. The Bertz CT molecular complexity index is 4250. The molecule has 24 nitrogen and oxygen atoms in total. The molecule has 0 aliphatic carbocycles. The summed E-state index contributed by atoms with van der Waals surface area (Å²) in [4.78, 5) is 161. The fourth-order valence-corrected chi connectivity index (χ4v) is 12.4. The molecule has 98 heavy (non-hydrogen) atoms. The number of carbonyl (C=O) groups excluding carboxylic acids is 12. The molecule has 504 valence electrons. The number of hydrogen-bond acceptors (Lipinski definition) is 12. The number of nitrogens with one attached hydrogen (secondary N) is 6. The van der Waals surface area contributed by atoms with Crippen LogP contribution in [0.3, 0.4) is 0 Å². The second-order valence-electron chi connectivity index (χ2n) is 24.5. The first-order valence-corrected chi connectivity index (χ1v) is 32.0. The van der Waals surface area contributed by atoms with Crippen LogP contribution in [0.2, 0.25) is 10.0 Å². The van der Waals surface area contributed by atoms with Gasteiger partial charge in [0.15, 0.2) is 0 Å². The molecular weight excluding hydrogens is 1300 g/mol. The standard InChI is InChI=1S/C25H26N4O4.C24H23ClN4O4.C23H21ClN4O4/c1-14-8-10-18(12-15(14)2)27-25(33)28(4)13-17-6-5-7-19-21(17)24(32)29(23(19)31)20-11-9-16(3)26-22(20)30;1-13-7-9-16(11-18(13)25)27-24(33)28(3)12-15-5-4-6-17-20(15)23(32)29(22(17)31)19-10-8-14(2)26-21(19)30;1-13-6-11-18(20(29)25-13)28-21(30)17-5-3-4-14(19(17)22(28)31)12-27(2)23(32)26-16-9-7-15(24)8-10-16/h5-8,10,12,20H,3,9,11,13H2,1-2,4H3,(H,26,30)(H,27,33);4-7,9,11,19H,2,8,10,12H2,1,3H3,(H,26,30)(H,27,33);3-5,7-10,18H,1,6,11-12H2,2H3,(H,25,29)(H,26,32). The van der Waals surface area contributed by atoms with Crippen molar-refractivity contribution in [1.29, 1.82) is 0 Å². The summed E-state index contributed by atoms with van der Waals surface area (Å²) >= 11 is 12.0. The Morgan fingerprint density at radius 2 is 0.745 bits per heavy atom. The number of benzene rings is 6. The molecule has 6 aromatic carbocycles. The van der Waals surface area contributed by atoms with Crippen LogP contribution in [0.25, 0.3) is 0 Å². The van der Waals surface area contributed by atoms with Crippen molar-refractivity contribution in [1.82, 2.24) is 45.3 Å². The molecule has 15 amide bonds. The van der Waals surface area contributed by atoms with E-state index in [4.69, 9.17) is 23.2 Å². The van der Waals surface area contributed by atoms with E-state index in [2.05, 4.69) is 51.6 Å². The van der Waals surface area contributed by atoms with E-state index >= 15 is 0 Å². The highest BCUT2D eigenvalue weighted by Gasteiger charge is 2.48. The van der Waals surface area contributed by atoms with Crippen LogP contribution in [0.1, 0.15) is 134 Å².